The average molecular weight is 317 g/mol. The van der Waals surface area contributed by atoms with Crippen molar-refractivity contribution in [2.75, 3.05) is 18.3 Å². The number of hydrogen-bond acceptors (Lipinski definition) is 4. The van der Waals surface area contributed by atoms with Gasteiger partial charge in [0, 0.05) is 17.3 Å². The minimum atomic E-state index is -0.268. The monoisotopic (exact) mass is 316 g/mol. The van der Waals surface area contributed by atoms with Gasteiger partial charge in [-0.2, -0.15) is 0 Å². The summed E-state index contributed by atoms with van der Waals surface area (Å²) < 4.78 is 10.9. The van der Waals surface area contributed by atoms with E-state index >= 15 is 0 Å². The van der Waals surface area contributed by atoms with Gasteiger partial charge in [-0.3, -0.25) is 4.79 Å². The lowest BCUT2D eigenvalue weighted by molar-refractivity contribution is -0.113. The molecule has 1 amide bonds. The molecule has 3 aromatic rings. The van der Waals surface area contributed by atoms with E-state index in [9.17, 15) is 4.79 Å². The molecule has 22 heavy (non-hydrogen) atoms. The predicted octanol–water partition coefficient (Wildman–Crippen LogP) is 3.68. The molecule has 0 saturated carbocycles. The second kappa shape index (κ2) is 6.07. The van der Waals surface area contributed by atoms with Crippen molar-refractivity contribution >= 4 is 34.3 Å². The van der Waals surface area contributed by atoms with E-state index in [1.165, 1.54) is 0 Å². The molecule has 0 unspecified atom stereocenters. The van der Waals surface area contributed by atoms with Crippen molar-refractivity contribution in [3.8, 4) is 17.2 Å². The summed E-state index contributed by atoms with van der Waals surface area (Å²) >= 11 is 5.47. The maximum atomic E-state index is 11.3. The average Bonchev–Trinajstić information content (AvgIpc) is 2.98. The van der Waals surface area contributed by atoms with E-state index in [1.807, 2.05) is 24.3 Å². The van der Waals surface area contributed by atoms with Crippen LogP contribution >= 0.6 is 11.6 Å². The van der Waals surface area contributed by atoms with Crippen molar-refractivity contribution in [3.05, 3.63) is 42.5 Å². The van der Waals surface area contributed by atoms with Crippen LogP contribution in [0.5, 0.6) is 5.75 Å². The minimum Gasteiger partial charge on any atom is -0.497 e. The Labute approximate surface area is 131 Å². The summed E-state index contributed by atoms with van der Waals surface area (Å²) in [6.07, 6.45) is 0. The number of alkyl halides is 1. The van der Waals surface area contributed by atoms with Crippen molar-refractivity contribution in [2.24, 2.45) is 0 Å². The Hall–Kier alpha value is -2.53. The molecule has 0 aliphatic rings. The van der Waals surface area contributed by atoms with Crippen LogP contribution in [0.15, 0.2) is 46.9 Å². The fraction of sp³-hybridized carbons (Fsp3) is 0.125. The number of fused-ring (bicyclic) bond motifs is 1. The van der Waals surface area contributed by atoms with Gasteiger partial charge in [0.15, 0.2) is 5.58 Å². The lowest BCUT2D eigenvalue weighted by Crippen LogP contribution is -2.12. The quantitative estimate of drug-likeness (QED) is 0.746. The van der Waals surface area contributed by atoms with Crippen LogP contribution in [0.2, 0.25) is 0 Å². The Bertz CT molecular complexity index is 812. The number of ether oxygens (including phenoxy) is 1. The number of rotatable bonds is 4. The first-order valence-corrected chi connectivity index (χ1v) is 7.14. The van der Waals surface area contributed by atoms with Gasteiger partial charge in [-0.05, 0) is 36.4 Å². The van der Waals surface area contributed by atoms with Gasteiger partial charge < -0.3 is 14.5 Å². The number of carbonyl (C=O) groups excluding carboxylic acids is 1. The zero-order valence-electron chi connectivity index (χ0n) is 11.8. The molecule has 0 spiro atoms. The molecular formula is C16H13ClN2O3. The van der Waals surface area contributed by atoms with E-state index in [1.54, 1.807) is 25.3 Å². The van der Waals surface area contributed by atoms with Gasteiger partial charge in [-0.15, -0.1) is 11.6 Å². The molecule has 3 rings (SSSR count). The number of hydrogen-bond donors (Lipinski definition) is 1. The van der Waals surface area contributed by atoms with E-state index in [2.05, 4.69) is 10.3 Å². The molecule has 1 heterocycles. The Kier molecular flexibility index (Phi) is 3.98. The molecular weight excluding hydrogens is 304 g/mol. The number of oxazole rings is 1. The van der Waals surface area contributed by atoms with Gasteiger partial charge in [-0.25, -0.2) is 4.98 Å². The molecule has 1 aromatic heterocycles. The van der Waals surface area contributed by atoms with Crippen LogP contribution < -0.4 is 10.1 Å². The van der Waals surface area contributed by atoms with Crippen molar-refractivity contribution in [1.82, 2.24) is 4.98 Å². The zero-order valence-corrected chi connectivity index (χ0v) is 12.6. The Morgan fingerprint density at radius 2 is 2.05 bits per heavy atom. The molecule has 0 aliphatic heterocycles. The Morgan fingerprint density at radius 1 is 1.27 bits per heavy atom. The fourth-order valence-electron chi connectivity index (χ4n) is 2.05. The molecule has 6 heteroatoms. The highest BCUT2D eigenvalue weighted by atomic mass is 35.5. The molecule has 0 bridgehead atoms. The highest BCUT2D eigenvalue weighted by Crippen LogP contribution is 2.27. The summed E-state index contributed by atoms with van der Waals surface area (Å²) in [6.45, 7) is 0. The number of aromatic nitrogens is 1. The number of halogens is 1. The lowest BCUT2D eigenvalue weighted by atomic mass is 10.2. The van der Waals surface area contributed by atoms with Crippen LogP contribution in [0, 0.1) is 0 Å². The molecule has 0 aliphatic carbocycles. The van der Waals surface area contributed by atoms with E-state index in [0.29, 0.717) is 17.2 Å². The summed E-state index contributed by atoms with van der Waals surface area (Å²) in [5.41, 5.74) is 2.78. The van der Waals surface area contributed by atoms with Crippen molar-refractivity contribution < 1.29 is 13.9 Å². The van der Waals surface area contributed by atoms with E-state index in [0.717, 1.165) is 16.8 Å². The molecule has 0 radical (unpaired) electrons. The largest absolute Gasteiger partial charge is 0.497 e. The number of methoxy groups -OCH3 is 1. The molecule has 112 valence electrons. The standard InChI is InChI=1S/C16H13ClN2O3/c1-21-12-5-2-10(3-6-12)16-19-13-7-4-11(8-14(13)22-16)18-15(20)9-17/h2-8H,9H2,1H3,(H,18,20). The van der Waals surface area contributed by atoms with Gasteiger partial charge in [0.05, 0.1) is 7.11 Å². The molecule has 1 N–H and O–H groups in total. The number of nitrogens with one attached hydrogen (secondary N) is 1. The third-order valence-electron chi connectivity index (χ3n) is 3.13. The maximum absolute atomic E-state index is 11.3. The fourth-order valence-corrected chi connectivity index (χ4v) is 2.12. The Balaban J connectivity index is 1.93. The summed E-state index contributed by atoms with van der Waals surface area (Å²) in [6, 6.07) is 12.7. The SMILES string of the molecule is COc1ccc(-c2nc3ccc(NC(=O)CCl)cc3o2)cc1. The van der Waals surface area contributed by atoms with E-state index < -0.39 is 0 Å². The summed E-state index contributed by atoms with van der Waals surface area (Å²) in [5, 5.41) is 2.67. The third-order valence-corrected chi connectivity index (χ3v) is 3.37. The highest BCUT2D eigenvalue weighted by Gasteiger charge is 2.10. The van der Waals surface area contributed by atoms with Crippen LogP contribution in [0.1, 0.15) is 0 Å². The molecule has 0 atom stereocenters. The van der Waals surface area contributed by atoms with Crippen LogP contribution in [0.25, 0.3) is 22.6 Å². The van der Waals surface area contributed by atoms with Gasteiger partial charge in [0.25, 0.3) is 0 Å². The van der Waals surface area contributed by atoms with E-state index in [-0.39, 0.29) is 11.8 Å². The summed E-state index contributed by atoms with van der Waals surface area (Å²) in [4.78, 5) is 15.7. The first-order valence-electron chi connectivity index (χ1n) is 6.60. The van der Waals surface area contributed by atoms with Crippen molar-refractivity contribution in [3.63, 3.8) is 0 Å². The van der Waals surface area contributed by atoms with Crippen LogP contribution in [0.4, 0.5) is 5.69 Å². The second-order valence-corrected chi connectivity index (χ2v) is 4.88. The number of benzene rings is 2. The normalized spacial score (nSPS) is 10.6. The van der Waals surface area contributed by atoms with Gasteiger partial charge in [0.1, 0.15) is 17.1 Å². The van der Waals surface area contributed by atoms with Gasteiger partial charge >= 0.3 is 0 Å². The topological polar surface area (TPSA) is 64.4 Å². The number of amides is 1. The number of carbonyl (C=O) groups is 1. The maximum Gasteiger partial charge on any atom is 0.239 e. The number of nitrogens with zero attached hydrogens (tertiary/aromatic N) is 1. The minimum absolute atomic E-state index is 0.0917. The molecule has 0 fully saturated rings. The van der Waals surface area contributed by atoms with E-state index in [4.69, 9.17) is 20.8 Å². The van der Waals surface area contributed by atoms with Crippen LogP contribution in [-0.2, 0) is 4.79 Å². The van der Waals surface area contributed by atoms with Gasteiger partial charge in [-0.1, -0.05) is 0 Å². The Morgan fingerprint density at radius 3 is 2.73 bits per heavy atom. The van der Waals surface area contributed by atoms with Crippen molar-refractivity contribution in [2.45, 2.75) is 0 Å². The first kappa shape index (κ1) is 14.4. The summed E-state index contributed by atoms with van der Waals surface area (Å²) in [7, 11) is 1.62. The first-order chi connectivity index (χ1) is 10.7. The zero-order chi connectivity index (χ0) is 15.5. The van der Waals surface area contributed by atoms with Gasteiger partial charge in [0.2, 0.25) is 11.8 Å². The lowest BCUT2D eigenvalue weighted by Gasteiger charge is -2.01. The van der Waals surface area contributed by atoms with Crippen molar-refractivity contribution in [1.29, 1.82) is 0 Å². The summed E-state index contributed by atoms with van der Waals surface area (Å²) in [5.74, 6) is 0.922. The number of anilines is 1. The van der Waals surface area contributed by atoms with Crippen LogP contribution in [-0.4, -0.2) is 23.9 Å². The third kappa shape index (κ3) is 2.89. The predicted molar refractivity (Wildman–Crippen MR) is 85.3 cm³/mol. The van der Waals surface area contributed by atoms with Crippen LogP contribution in [0.3, 0.4) is 0 Å². The second-order valence-electron chi connectivity index (χ2n) is 4.61. The molecule has 5 nitrogen and oxygen atoms in total. The highest BCUT2D eigenvalue weighted by molar-refractivity contribution is 6.29. The smallest absolute Gasteiger partial charge is 0.239 e. The molecule has 2 aromatic carbocycles. The molecule has 0 saturated heterocycles.